The van der Waals surface area contributed by atoms with Crippen molar-refractivity contribution in [3.63, 3.8) is 0 Å². The molecule has 1 heterocycles. The first kappa shape index (κ1) is 21.4. The molecule has 0 radical (unpaired) electrons. The van der Waals surface area contributed by atoms with E-state index in [9.17, 15) is 8.42 Å². The van der Waals surface area contributed by atoms with Crippen LogP contribution in [-0.2, 0) is 16.6 Å². The molecule has 0 aliphatic carbocycles. The van der Waals surface area contributed by atoms with Crippen LogP contribution in [0.2, 0.25) is 10.0 Å². The fourth-order valence-corrected chi connectivity index (χ4v) is 5.22. The summed E-state index contributed by atoms with van der Waals surface area (Å²) in [7, 11) is -3.75. The summed E-state index contributed by atoms with van der Waals surface area (Å²) in [5.41, 5.74) is 1.07. The highest BCUT2D eigenvalue weighted by atomic mass is 35.5. The summed E-state index contributed by atoms with van der Waals surface area (Å²) in [5, 5.41) is 9.32. The fourth-order valence-electron chi connectivity index (χ4n) is 3.19. The number of aliphatic hydroxyl groups is 1. The maximum Gasteiger partial charge on any atom is 0.242 e. The summed E-state index contributed by atoms with van der Waals surface area (Å²) in [4.78, 5) is 2.17. The van der Waals surface area contributed by atoms with E-state index in [4.69, 9.17) is 33.0 Å². The average Bonchev–Trinajstić information content (AvgIpc) is 3.08. The third-order valence-corrected chi connectivity index (χ3v) is 6.68. The molecular formula is C19H22Cl2N2O4S. The summed E-state index contributed by atoms with van der Waals surface area (Å²) in [6.07, 6.45) is 0.706. The van der Waals surface area contributed by atoms with Crippen molar-refractivity contribution in [3.8, 4) is 5.75 Å². The second kappa shape index (κ2) is 9.43. The number of nitrogens with zero attached hydrogens (tertiary/aromatic N) is 1. The third kappa shape index (κ3) is 5.59. The van der Waals surface area contributed by atoms with Crippen LogP contribution in [-0.4, -0.2) is 50.8 Å². The van der Waals surface area contributed by atoms with Crippen molar-refractivity contribution in [1.82, 2.24) is 9.62 Å². The van der Waals surface area contributed by atoms with E-state index in [1.54, 1.807) is 6.07 Å². The van der Waals surface area contributed by atoms with Crippen LogP contribution >= 0.6 is 23.2 Å². The Balaban J connectivity index is 1.60. The maximum atomic E-state index is 12.7. The summed E-state index contributed by atoms with van der Waals surface area (Å²) >= 11 is 12.0. The quantitative estimate of drug-likeness (QED) is 0.654. The van der Waals surface area contributed by atoms with Crippen molar-refractivity contribution >= 4 is 33.2 Å². The predicted octanol–water partition coefficient (Wildman–Crippen LogP) is 2.92. The van der Waals surface area contributed by atoms with Crippen molar-refractivity contribution in [3.05, 3.63) is 58.1 Å². The van der Waals surface area contributed by atoms with Gasteiger partial charge in [0.15, 0.2) is 0 Å². The normalized spacial score (nSPS) is 17.8. The molecule has 3 rings (SSSR count). The standard InChI is InChI=1S/C19H22Cl2N2O4S/c20-15-4-5-18(21)19(11-15)28(25,26)22-16-6-7-23(13-16)12-14-2-1-3-17(10-14)27-9-8-24/h1-5,10-11,16,22,24H,6-9,12-13H2/t16-/m1/s1. The van der Waals surface area contributed by atoms with Crippen molar-refractivity contribution in [2.45, 2.75) is 23.9 Å². The third-order valence-electron chi connectivity index (χ3n) is 4.44. The molecule has 1 atom stereocenters. The molecule has 0 spiro atoms. The van der Waals surface area contributed by atoms with Crippen molar-refractivity contribution in [2.75, 3.05) is 26.3 Å². The molecule has 0 bridgehead atoms. The summed E-state index contributed by atoms with van der Waals surface area (Å²) < 4.78 is 33.5. The van der Waals surface area contributed by atoms with Gasteiger partial charge in [-0.25, -0.2) is 13.1 Å². The SMILES string of the molecule is O=S(=O)(N[C@@H]1CCN(Cc2cccc(OCCO)c2)C1)c1cc(Cl)ccc1Cl. The Morgan fingerprint density at radius 1 is 1.21 bits per heavy atom. The van der Waals surface area contributed by atoms with Gasteiger partial charge in [-0.15, -0.1) is 0 Å². The van der Waals surface area contributed by atoms with Crippen LogP contribution in [0.5, 0.6) is 5.75 Å². The minimum Gasteiger partial charge on any atom is -0.491 e. The minimum absolute atomic E-state index is 0.00569. The lowest BCUT2D eigenvalue weighted by Crippen LogP contribution is -2.37. The number of likely N-dealkylation sites (tertiary alicyclic amines) is 1. The Kier molecular flexibility index (Phi) is 7.20. The van der Waals surface area contributed by atoms with Gasteiger partial charge < -0.3 is 9.84 Å². The highest BCUT2D eigenvalue weighted by molar-refractivity contribution is 7.89. The lowest BCUT2D eigenvalue weighted by Gasteiger charge is -2.18. The van der Waals surface area contributed by atoms with Gasteiger partial charge in [-0.05, 0) is 42.3 Å². The Labute approximate surface area is 175 Å². The molecular weight excluding hydrogens is 423 g/mol. The van der Waals surface area contributed by atoms with Gasteiger partial charge in [0.05, 0.1) is 11.6 Å². The molecule has 2 aromatic carbocycles. The molecule has 1 aliphatic heterocycles. The molecule has 0 unspecified atom stereocenters. The zero-order valence-electron chi connectivity index (χ0n) is 15.1. The second-order valence-corrected chi connectivity index (χ2v) is 9.16. The Morgan fingerprint density at radius 2 is 2.04 bits per heavy atom. The smallest absolute Gasteiger partial charge is 0.242 e. The maximum absolute atomic E-state index is 12.7. The molecule has 1 saturated heterocycles. The van der Waals surface area contributed by atoms with Crippen molar-refractivity contribution in [2.24, 2.45) is 0 Å². The van der Waals surface area contributed by atoms with E-state index in [0.717, 1.165) is 12.1 Å². The number of hydrogen-bond acceptors (Lipinski definition) is 5. The summed E-state index contributed by atoms with van der Waals surface area (Å²) in [5.74, 6) is 0.707. The second-order valence-electron chi connectivity index (χ2n) is 6.64. The lowest BCUT2D eigenvalue weighted by molar-refractivity contribution is 0.201. The fraction of sp³-hybridized carbons (Fsp3) is 0.368. The first-order chi connectivity index (χ1) is 13.4. The number of benzene rings is 2. The summed E-state index contributed by atoms with van der Waals surface area (Å²) in [6, 6.07) is 11.9. The number of hydrogen-bond donors (Lipinski definition) is 2. The van der Waals surface area contributed by atoms with Crippen LogP contribution in [0.25, 0.3) is 0 Å². The Bertz CT molecular complexity index is 924. The number of ether oxygens (including phenoxy) is 1. The molecule has 152 valence electrons. The molecule has 0 aromatic heterocycles. The van der Waals surface area contributed by atoms with Gasteiger partial charge in [0.25, 0.3) is 0 Å². The first-order valence-electron chi connectivity index (χ1n) is 8.90. The van der Waals surface area contributed by atoms with Gasteiger partial charge in [0.2, 0.25) is 10.0 Å². The van der Waals surface area contributed by atoms with E-state index in [-0.39, 0.29) is 29.2 Å². The van der Waals surface area contributed by atoms with Gasteiger partial charge in [-0.1, -0.05) is 35.3 Å². The van der Waals surface area contributed by atoms with Gasteiger partial charge >= 0.3 is 0 Å². The van der Waals surface area contributed by atoms with E-state index in [1.165, 1.54) is 12.1 Å². The van der Waals surface area contributed by atoms with Gasteiger partial charge in [-0.3, -0.25) is 4.90 Å². The molecule has 0 saturated carbocycles. The van der Waals surface area contributed by atoms with Crippen LogP contribution in [0.1, 0.15) is 12.0 Å². The number of rotatable bonds is 8. The first-order valence-corrected chi connectivity index (χ1v) is 11.1. The zero-order chi connectivity index (χ0) is 20.1. The van der Waals surface area contributed by atoms with Crippen LogP contribution in [0, 0.1) is 0 Å². The van der Waals surface area contributed by atoms with Crippen LogP contribution in [0.4, 0.5) is 0 Å². The largest absolute Gasteiger partial charge is 0.491 e. The molecule has 9 heteroatoms. The van der Waals surface area contributed by atoms with Gasteiger partial charge in [0.1, 0.15) is 17.3 Å². The topological polar surface area (TPSA) is 78.9 Å². The Hall–Kier alpha value is -1.35. The number of aliphatic hydroxyl groups excluding tert-OH is 1. The molecule has 1 fully saturated rings. The molecule has 2 N–H and O–H groups in total. The number of sulfonamides is 1. The van der Waals surface area contributed by atoms with Gasteiger partial charge in [-0.2, -0.15) is 0 Å². The number of nitrogens with one attached hydrogen (secondary N) is 1. The minimum atomic E-state index is -3.75. The van der Waals surface area contributed by atoms with E-state index in [0.29, 0.717) is 30.3 Å². The molecule has 6 nitrogen and oxygen atoms in total. The van der Waals surface area contributed by atoms with E-state index in [2.05, 4.69) is 9.62 Å². The molecule has 1 aliphatic rings. The lowest BCUT2D eigenvalue weighted by atomic mass is 10.2. The monoisotopic (exact) mass is 444 g/mol. The van der Waals surface area contributed by atoms with Crippen LogP contribution in [0.15, 0.2) is 47.4 Å². The summed E-state index contributed by atoms with van der Waals surface area (Å²) in [6.45, 7) is 2.28. The van der Waals surface area contributed by atoms with E-state index < -0.39 is 10.0 Å². The van der Waals surface area contributed by atoms with Crippen LogP contribution in [0.3, 0.4) is 0 Å². The molecule has 28 heavy (non-hydrogen) atoms. The average molecular weight is 445 g/mol. The highest BCUT2D eigenvalue weighted by Crippen LogP contribution is 2.26. The van der Waals surface area contributed by atoms with E-state index in [1.807, 2.05) is 24.3 Å². The Morgan fingerprint density at radius 3 is 2.82 bits per heavy atom. The zero-order valence-corrected chi connectivity index (χ0v) is 17.5. The highest BCUT2D eigenvalue weighted by Gasteiger charge is 2.28. The predicted molar refractivity (Wildman–Crippen MR) is 109 cm³/mol. The van der Waals surface area contributed by atoms with Gasteiger partial charge in [0, 0.05) is 30.7 Å². The van der Waals surface area contributed by atoms with E-state index >= 15 is 0 Å². The van der Waals surface area contributed by atoms with Crippen LogP contribution < -0.4 is 9.46 Å². The molecule has 2 aromatic rings. The molecule has 0 amide bonds. The van der Waals surface area contributed by atoms with Crippen molar-refractivity contribution in [1.29, 1.82) is 0 Å². The number of halogens is 2. The van der Waals surface area contributed by atoms with Crippen molar-refractivity contribution < 1.29 is 18.3 Å².